The van der Waals surface area contributed by atoms with Gasteiger partial charge in [-0.2, -0.15) is 5.26 Å². The van der Waals surface area contributed by atoms with Gasteiger partial charge in [-0.3, -0.25) is 0 Å². The SMILES string of the molecule is CCC(C#N)Cc1c(C)cc(C(C)(C)C)cc1C. The fraction of sp³-hybridized carbons (Fsp3) is 0.588. The molecule has 0 aliphatic heterocycles. The van der Waals surface area contributed by atoms with Gasteiger partial charge in [0.15, 0.2) is 0 Å². The number of nitriles is 1. The van der Waals surface area contributed by atoms with Crippen LogP contribution in [-0.2, 0) is 11.8 Å². The van der Waals surface area contributed by atoms with E-state index in [9.17, 15) is 0 Å². The summed E-state index contributed by atoms with van der Waals surface area (Å²) in [4.78, 5) is 0. The van der Waals surface area contributed by atoms with Crippen LogP contribution in [0.3, 0.4) is 0 Å². The van der Waals surface area contributed by atoms with Crippen LogP contribution in [0, 0.1) is 31.1 Å². The Morgan fingerprint density at radius 2 is 1.67 bits per heavy atom. The lowest BCUT2D eigenvalue weighted by atomic mass is 9.82. The zero-order valence-electron chi connectivity index (χ0n) is 12.6. The van der Waals surface area contributed by atoms with Gasteiger partial charge in [-0.05, 0) is 54.4 Å². The fourth-order valence-electron chi connectivity index (χ4n) is 2.28. The Morgan fingerprint density at radius 3 is 2.00 bits per heavy atom. The predicted octanol–water partition coefficient (Wildman–Crippen LogP) is 4.69. The fourth-order valence-corrected chi connectivity index (χ4v) is 2.28. The largest absolute Gasteiger partial charge is 0.198 e. The maximum atomic E-state index is 9.10. The minimum Gasteiger partial charge on any atom is -0.198 e. The third-order valence-corrected chi connectivity index (χ3v) is 3.69. The summed E-state index contributed by atoms with van der Waals surface area (Å²) in [6, 6.07) is 6.97. The van der Waals surface area contributed by atoms with Crippen LogP contribution in [0.4, 0.5) is 0 Å². The summed E-state index contributed by atoms with van der Waals surface area (Å²) in [5, 5.41) is 9.10. The van der Waals surface area contributed by atoms with E-state index in [1.54, 1.807) is 0 Å². The van der Waals surface area contributed by atoms with Crippen molar-refractivity contribution >= 4 is 0 Å². The second kappa shape index (κ2) is 5.57. The Balaban J connectivity index is 3.14. The number of nitrogens with zero attached hydrogens (tertiary/aromatic N) is 1. The smallest absolute Gasteiger partial charge is 0.0659 e. The number of benzene rings is 1. The molecule has 0 aliphatic rings. The van der Waals surface area contributed by atoms with E-state index >= 15 is 0 Å². The van der Waals surface area contributed by atoms with Crippen LogP contribution in [-0.4, -0.2) is 0 Å². The molecule has 1 aromatic rings. The molecule has 0 heterocycles. The molecule has 0 amide bonds. The summed E-state index contributed by atoms with van der Waals surface area (Å²) in [5.74, 6) is 0.142. The first-order valence-corrected chi connectivity index (χ1v) is 6.79. The lowest BCUT2D eigenvalue weighted by molar-refractivity contribution is 0.586. The molecule has 1 unspecified atom stereocenters. The number of aryl methyl sites for hydroxylation is 2. The second-order valence-corrected chi connectivity index (χ2v) is 6.28. The van der Waals surface area contributed by atoms with Crippen LogP contribution < -0.4 is 0 Å². The predicted molar refractivity (Wildman–Crippen MR) is 77.7 cm³/mol. The second-order valence-electron chi connectivity index (χ2n) is 6.28. The lowest BCUT2D eigenvalue weighted by Gasteiger charge is -2.23. The van der Waals surface area contributed by atoms with E-state index in [1.165, 1.54) is 22.3 Å². The van der Waals surface area contributed by atoms with Crippen molar-refractivity contribution in [2.75, 3.05) is 0 Å². The molecular weight excluding hydrogens is 218 g/mol. The van der Waals surface area contributed by atoms with Crippen molar-refractivity contribution < 1.29 is 0 Å². The molecule has 1 nitrogen and oxygen atoms in total. The quantitative estimate of drug-likeness (QED) is 0.755. The van der Waals surface area contributed by atoms with Gasteiger partial charge in [0, 0.05) is 0 Å². The Labute approximate surface area is 112 Å². The van der Waals surface area contributed by atoms with E-state index in [-0.39, 0.29) is 11.3 Å². The van der Waals surface area contributed by atoms with Crippen molar-refractivity contribution in [3.8, 4) is 6.07 Å². The highest BCUT2D eigenvalue weighted by molar-refractivity contribution is 5.41. The summed E-state index contributed by atoms with van der Waals surface area (Å²) in [7, 11) is 0. The molecule has 0 radical (unpaired) electrons. The van der Waals surface area contributed by atoms with E-state index in [2.05, 4.69) is 59.7 Å². The van der Waals surface area contributed by atoms with Crippen molar-refractivity contribution in [2.24, 2.45) is 5.92 Å². The molecular formula is C17H25N. The molecule has 0 saturated carbocycles. The van der Waals surface area contributed by atoms with Crippen LogP contribution in [0.2, 0.25) is 0 Å². The van der Waals surface area contributed by atoms with E-state index in [0.29, 0.717) is 0 Å². The normalized spacial score (nSPS) is 13.2. The minimum absolute atomic E-state index is 0.142. The Kier molecular flexibility index (Phi) is 4.57. The van der Waals surface area contributed by atoms with Gasteiger partial charge in [-0.15, -0.1) is 0 Å². The monoisotopic (exact) mass is 243 g/mol. The average Bonchev–Trinajstić information content (AvgIpc) is 2.27. The maximum absolute atomic E-state index is 9.10. The molecule has 0 aromatic heterocycles. The van der Waals surface area contributed by atoms with Gasteiger partial charge in [-0.1, -0.05) is 39.8 Å². The molecule has 0 spiro atoms. The van der Waals surface area contributed by atoms with Crippen LogP contribution in [0.5, 0.6) is 0 Å². The van der Waals surface area contributed by atoms with Crippen LogP contribution in [0.1, 0.15) is 56.4 Å². The molecule has 1 rings (SSSR count). The number of hydrogen-bond donors (Lipinski definition) is 0. The highest BCUT2D eigenvalue weighted by atomic mass is 14.3. The van der Waals surface area contributed by atoms with Gasteiger partial charge in [0.2, 0.25) is 0 Å². The van der Waals surface area contributed by atoms with Crippen molar-refractivity contribution in [1.82, 2.24) is 0 Å². The molecule has 0 saturated heterocycles. The van der Waals surface area contributed by atoms with Gasteiger partial charge in [-0.25, -0.2) is 0 Å². The van der Waals surface area contributed by atoms with E-state index in [1.807, 2.05) is 0 Å². The molecule has 1 atom stereocenters. The van der Waals surface area contributed by atoms with Crippen LogP contribution in [0.25, 0.3) is 0 Å². The van der Waals surface area contributed by atoms with Crippen molar-refractivity contribution in [2.45, 2.75) is 59.8 Å². The van der Waals surface area contributed by atoms with Crippen LogP contribution >= 0.6 is 0 Å². The van der Waals surface area contributed by atoms with Gasteiger partial charge in [0.25, 0.3) is 0 Å². The Bertz CT molecular complexity index is 434. The zero-order valence-corrected chi connectivity index (χ0v) is 12.6. The van der Waals surface area contributed by atoms with Gasteiger partial charge < -0.3 is 0 Å². The molecule has 98 valence electrons. The number of hydrogen-bond acceptors (Lipinski definition) is 1. The summed E-state index contributed by atoms with van der Waals surface area (Å²) >= 11 is 0. The first-order chi connectivity index (χ1) is 8.29. The Hall–Kier alpha value is -1.29. The molecule has 1 heteroatoms. The standard InChI is InChI=1S/C17H25N/c1-7-14(11-18)10-16-12(2)8-15(9-13(16)3)17(4,5)6/h8-9,14H,7,10H2,1-6H3. The zero-order chi connectivity index (χ0) is 13.9. The van der Waals surface area contributed by atoms with E-state index in [0.717, 1.165) is 12.8 Å². The van der Waals surface area contributed by atoms with E-state index in [4.69, 9.17) is 5.26 Å². The minimum atomic E-state index is 0.142. The summed E-state index contributed by atoms with van der Waals surface area (Å²) in [6.07, 6.45) is 1.81. The van der Waals surface area contributed by atoms with Crippen molar-refractivity contribution in [3.05, 3.63) is 34.4 Å². The summed E-state index contributed by atoms with van der Waals surface area (Å²) in [5.41, 5.74) is 5.58. The number of rotatable bonds is 3. The molecule has 0 N–H and O–H groups in total. The highest BCUT2D eigenvalue weighted by Crippen LogP contribution is 2.28. The summed E-state index contributed by atoms with van der Waals surface area (Å²) < 4.78 is 0. The third-order valence-electron chi connectivity index (χ3n) is 3.69. The topological polar surface area (TPSA) is 23.8 Å². The van der Waals surface area contributed by atoms with Crippen molar-refractivity contribution in [3.63, 3.8) is 0 Å². The molecule has 0 fully saturated rings. The van der Waals surface area contributed by atoms with Crippen LogP contribution in [0.15, 0.2) is 12.1 Å². The van der Waals surface area contributed by atoms with Crippen molar-refractivity contribution in [1.29, 1.82) is 5.26 Å². The Morgan fingerprint density at radius 1 is 1.17 bits per heavy atom. The first-order valence-electron chi connectivity index (χ1n) is 6.79. The van der Waals surface area contributed by atoms with Gasteiger partial charge >= 0.3 is 0 Å². The highest BCUT2D eigenvalue weighted by Gasteiger charge is 2.17. The molecule has 1 aromatic carbocycles. The molecule has 18 heavy (non-hydrogen) atoms. The maximum Gasteiger partial charge on any atom is 0.0659 e. The first kappa shape index (κ1) is 14.8. The average molecular weight is 243 g/mol. The lowest BCUT2D eigenvalue weighted by Crippen LogP contribution is -2.13. The molecule has 0 aliphatic carbocycles. The molecule has 0 bridgehead atoms. The third kappa shape index (κ3) is 3.35. The van der Waals surface area contributed by atoms with E-state index < -0.39 is 0 Å². The van der Waals surface area contributed by atoms with Gasteiger partial charge in [0.1, 0.15) is 0 Å². The van der Waals surface area contributed by atoms with Gasteiger partial charge in [0.05, 0.1) is 12.0 Å². The summed E-state index contributed by atoms with van der Waals surface area (Å²) in [6.45, 7) is 13.1.